The highest BCUT2D eigenvalue weighted by atomic mass is 35.5. The molecule has 2 rings (SSSR count). The molecule has 0 saturated carbocycles. The Morgan fingerprint density at radius 1 is 1.60 bits per heavy atom. The molecule has 5 heteroatoms. The predicted octanol–water partition coefficient (Wildman–Crippen LogP) is 3.08. The molecular weight excluding hydrogens is 230 g/mol. The quantitative estimate of drug-likeness (QED) is 0.771. The fourth-order valence-corrected chi connectivity index (χ4v) is 2.07. The second-order valence-corrected chi connectivity index (χ2v) is 4.66. The summed E-state index contributed by atoms with van der Waals surface area (Å²) in [6, 6.07) is 2.09. The summed E-state index contributed by atoms with van der Waals surface area (Å²) in [7, 11) is 0. The fourth-order valence-electron chi connectivity index (χ4n) is 1.31. The molecule has 1 unspecified atom stereocenters. The molecule has 3 nitrogen and oxygen atoms in total. The van der Waals surface area contributed by atoms with Crippen molar-refractivity contribution in [3.05, 3.63) is 34.3 Å². The smallest absolute Gasteiger partial charge is 0.101 e. The lowest BCUT2D eigenvalue weighted by molar-refractivity contribution is 0.650. The lowest BCUT2D eigenvalue weighted by Crippen LogP contribution is -1.98. The first-order valence-electron chi connectivity index (χ1n) is 4.84. The second kappa shape index (κ2) is 4.77. The number of alkyl halides is 1. The van der Waals surface area contributed by atoms with E-state index in [1.54, 1.807) is 11.3 Å². The Hall–Kier alpha value is -0.870. The Morgan fingerprint density at radius 3 is 3.13 bits per heavy atom. The van der Waals surface area contributed by atoms with E-state index in [2.05, 4.69) is 27.1 Å². The normalized spacial score (nSPS) is 12.9. The zero-order chi connectivity index (χ0) is 10.7. The topological polar surface area (TPSA) is 30.7 Å². The maximum absolute atomic E-state index is 6.07. The van der Waals surface area contributed by atoms with E-state index < -0.39 is 0 Å². The molecule has 0 aliphatic carbocycles. The molecule has 0 aliphatic heterocycles. The van der Waals surface area contributed by atoms with Gasteiger partial charge in [0.1, 0.15) is 5.69 Å². The van der Waals surface area contributed by atoms with E-state index in [-0.39, 0.29) is 5.38 Å². The van der Waals surface area contributed by atoms with Crippen molar-refractivity contribution in [2.45, 2.75) is 25.3 Å². The standard InChI is InChI=1S/C10H12ClN3S/c1-2-9(11)10-6-14(13-12-10)5-8-3-4-15-7-8/h3-4,6-7,9H,2,5H2,1H3. The van der Waals surface area contributed by atoms with Gasteiger partial charge in [0.25, 0.3) is 0 Å². The molecular formula is C10H12ClN3S. The van der Waals surface area contributed by atoms with Crippen LogP contribution < -0.4 is 0 Å². The summed E-state index contributed by atoms with van der Waals surface area (Å²) in [4.78, 5) is 0. The summed E-state index contributed by atoms with van der Waals surface area (Å²) in [5, 5.41) is 12.2. The molecule has 0 aliphatic rings. The average molecular weight is 242 g/mol. The summed E-state index contributed by atoms with van der Waals surface area (Å²) in [5.41, 5.74) is 2.11. The summed E-state index contributed by atoms with van der Waals surface area (Å²) >= 11 is 7.76. The van der Waals surface area contributed by atoms with E-state index in [9.17, 15) is 0 Å². The predicted molar refractivity (Wildman–Crippen MR) is 62.3 cm³/mol. The van der Waals surface area contributed by atoms with Crippen molar-refractivity contribution in [3.63, 3.8) is 0 Å². The third-order valence-corrected chi connectivity index (χ3v) is 3.42. The maximum Gasteiger partial charge on any atom is 0.101 e. The third kappa shape index (κ3) is 2.58. The fraction of sp³-hybridized carbons (Fsp3) is 0.400. The summed E-state index contributed by atoms with van der Waals surface area (Å²) in [6.45, 7) is 2.80. The minimum atomic E-state index is -0.0266. The Morgan fingerprint density at radius 2 is 2.47 bits per heavy atom. The zero-order valence-corrected chi connectivity index (χ0v) is 10.0. The highest BCUT2D eigenvalue weighted by molar-refractivity contribution is 7.07. The lowest BCUT2D eigenvalue weighted by Gasteiger charge is -1.99. The maximum atomic E-state index is 6.07. The molecule has 1 atom stereocenters. The van der Waals surface area contributed by atoms with E-state index in [0.29, 0.717) is 0 Å². The van der Waals surface area contributed by atoms with Crippen LogP contribution in [0.2, 0.25) is 0 Å². The van der Waals surface area contributed by atoms with Crippen LogP contribution in [0.1, 0.15) is 30.0 Å². The number of rotatable bonds is 4. The molecule has 0 amide bonds. The van der Waals surface area contributed by atoms with Crippen molar-refractivity contribution in [2.24, 2.45) is 0 Å². The summed E-state index contributed by atoms with van der Waals surface area (Å²) in [5.74, 6) is 0. The molecule has 0 saturated heterocycles. The van der Waals surface area contributed by atoms with Crippen molar-refractivity contribution in [2.75, 3.05) is 0 Å². The van der Waals surface area contributed by atoms with Crippen LogP contribution in [-0.2, 0) is 6.54 Å². The number of hydrogen-bond donors (Lipinski definition) is 0. The number of nitrogens with zero attached hydrogens (tertiary/aromatic N) is 3. The minimum absolute atomic E-state index is 0.0266. The molecule has 0 N–H and O–H groups in total. The van der Waals surface area contributed by atoms with Gasteiger partial charge >= 0.3 is 0 Å². The van der Waals surface area contributed by atoms with Gasteiger partial charge in [-0.05, 0) is 28.8 Å². The van der Waals surface area contributed by atoms with Crippen LogP contribution in [0.3, 0.4) is 0 Å². The lowest BCUT2D eigenvalue weighted by atomic mass is 10.2. The highest BCUT2D eigenvalue weighted by Gasteiger charge is 2.09. The van der Waals surface area contributed by atoms with Crippen molar-refractivity contribution >= 4 is 22.9 Å². The molecule has 0 bridgehead atoms. The van der Waals surface area contributed by atoms with Gasteiger partial charge in [-0.2, -0.15) is 11.3 Å². The largest absolute Gasteiger partial charge is 0.248 e. The van der Waals surface area contributed by atoms with Crippen LogP contribution in [-0.4, -0.2) is 15.0 Å². The number of halogens is 1. The first kappa shape index (κ1) is 10.6. The molecule has 0 radical (unpaired) electrons. The molecule has 0 spiro atoms. The van der Waals surface area contributed by atoms with Gasteiger partial charge in [0.2, 0.25) is 0 Å². The van der Waals surface area contributed by atoms with Crippen molar-refractivity contribution in [1.82, 2.24) is 15.0 Å². The van der Waals surface area contributed by atoms with Crippen molar-refractivity contribution < 1.29 is 0 Å². The molecule has 0 fully saturated rings. The highest BCUT2D eigenvalue weighted by Crippen LogP contribution is 2.21. The van der Waals surface area contributed by atoms with Gasteiger partial charge in [-0.15, -0.1) is 16.7 Å². The Balaban J connectivity index is 2.07. The average Bonchev–Trinajstić information content (AvgIpc) is 2.88. The van der Waals surface area contributed by atoms with Gasteiger partial charge in [-0.1, -0.05) is 12.1 Å². The van der Waals surface area contributed by atoms with E-state index in [1.807, 2.05) is 17.8 Å². The van der Waals surface area contributed by atoms with E-state index in [4.69, 9.17) is 11.6 Å². The Kier molecular flexibility index (Phi) is 3.38. The number of aromatic nitrogens is 3. The molecule has 80 valence electrons. The molecule has 0 aromatic carbocycles. The minimum Gasteiger partial charge on any atom is -0.248 e. The Labute approximate surface area is 97.7 Å². The molecule has 2 aromatic heterocycles. The zero-order valence-electron chi connectivity index (χ0n) is 8.43. The first-order valence-corrected chi connectivity index (χ1v) is 6.22. The van der Waals surface area contributed by atoms with Crippen molar-refractivity contribution in [1.29, 1.82) is 0 Å². The van der Waals surface area contributed by atoms with Gasteiger partial charge in [-0.3, -0.25) is 0 Å². The third-order valence-electron chi connectivity index (χ3n) is 2.16. The van der Waals surface area contributed by atoms with Gasteiger partial charge < -0.3 is 0 Å². The van der Waals surface area contributed by atoms with E-state index in [0.717, 1.165) is 18.7 Å². The molecule has 2 heterocycles. The van der Waals surface area contributed by atoms with E-state index in [1.165, 1.54) is 5.56 Å². The monoisotopic (exact) mass is 241 g/mol. The van der Waals surface area contributed by atoms with Crippen LogP contribution in [0.15, 0.2) is 23.0 Å². The number of thiophene rings is 1. The van der Waals surface area contributed by atoms with Crippen LogP contribution in [0.25, 0.3) is 0 Å². The van der Waals surface area contributed by atoms with E-state index >= 15 is 0 Å². The molecule has 2 aromatic rings. The second-order valence-electron chi connectivity index (χ2n) is 3.35. The molecule has 15 heavy (non-hydrogen) atoms. The van der Waals surface area contributed by atoms with Crippen LogP contribution >= 0.6 is 22.9 Å². The van der Waals surface area contributed by atoms with Gasteiger partial charge in [0.15, 0.2) is 0 Å². The van der Waals surface area contributed by atoms with Crippen LogP contribution in [0.5, 0.6) is 0 Å². The first-order chi connectivity index (χ1) is 7.29. The summed E-state index contributed by atoms with van der Waals surface area (Å²) < 4.78 is 1.82. The number of hydrogen-bond acceptors (Lipinski definition) is 3. The van der Waals surface area contributed by atoms with Crippen molar-refractivity contribution in [3.8, 4) is 0 Å². The van der Waals surface area contributed by atoms with Crippen LogP contribution in [0, 0.1) is 0 Å². The van der Waals surface area contributed by atoms with Gasteiger partial charge in [0.05, 0.1) is 18.1 Å². The Bertz CT molecular complexity index is 410. The van der Waals surface area contributed by atoms with Gasteiger partial charge in [-0.25, -0.2) is 4.68 Å². The van der Waals surface area contributed by atoms with Crippen LogP contribution in [0.4, 0.5) is 0 Å². The summed E-state index contributed by atoms with van der Waals surface area (Å²) in [6.07, 6.45) is 2.79. The SMILES string of the molecule is CCC(Cl)c1cn(Cc2ccsc2)nn1. The van der Waals surface area contributed by atoms with Gasteiger partial charge in [0, 0.05) is 0 Å².